The van der Waals surface area contributed by atoms with Gasteiger partial charge >= 0.3 is 5.97 Å². The lowest BCUT2D eigenvalue weighted by Crippen LogP contribution is -2.21. The molecular weight excluding hydrogens is 134 g/mol. The summed E-state index contributed by atoms with van der Waals surface area (Å²) >= 11 is 0. The third kappa shape index (κ3) is 3.82. The average molecular weight is 145 g/mol. The van der Waals surface area contributed by atoms with Crippen LogP contribution >= 0.6 is 0 Å². The molecule has 58 valence electrons. The molecular formula is C5H11N3O2. The van der Waals surface area contributed by atoms with Gasteiger partial charge < -0.3 is 4.74 Å². The molecule has 0 bridgehead atoms. The molecule has 0 fully saturated rings. The van der Waals surface area contributed by atoms with Crippen molar-refractivity contribution in [2.45, 2.75) is 0 Å². The van der Waals surface area contributed by atoms with Gasteiger partial charge in [0.2, 0.25) is 0 Å². The summed E-state index contributed by atoms with van der Waals surface area (Å²) in [5, 5.41) is 8.43. The minimum atomic E-state index is -0.324. The Balaban J connectivity index is 3.57. The van der Waals surface area contributed by atoms with Crippen molar-refractivity contribution < 1.29 is 9.53 Å². The fourth-order valence-corrected chi connectivity index (χ4v) is 0.436. The van der Waals surface area contributed by atoms with Crippen LogP contribution in [0.25, 0.3) is 0 Å². The number of methoxy groups -OCH3 is 1. The number of carbonyl (C=O) groups is 1. The summed E-state index contributed by atoms with van der Waals surface area (Å²) < 4.78 is 4.38. The van der Waals surface area contributed by atoms with Gasteiger partial charge in [-0.15, -0.1) is 0 Å². The van der Waals surface area contributed by atoms with Gasteiger partial charge in [-0.25, -0.2) is 0 Å². The van der Waals surface area contributed by atoms with Crippen molar-refractivity contribution in [3.63, 3.8) is 0 Å². The summed E-state index contributed by atoms with van der Waals surface area (Å²) in [5.74, 6) is -0.324. The van der Waals surface area contributed by atoms with E-state index in [0.717, 1.165) is 0 Å². The second-order valence-electron chi connectivity index (χ2n) is 1.68. The van der Waals surface area contributed by atoms with Crippen LogP contribution in [0.5, 0.6) is 0 Å². The fourth-order valence-electron chi connectivity index (χ4n) is 0.436. The van der Waals surface area contributed by atoms with Gasteiger partial charge in [0.25, 0.3) is 0 Å². The molecule has 0 unspecified atom stereocenters. The Morgan fingerprint density at radius 3 is 2.70 bits per heavy atom. The van der Waals surface area contributed by atoms with E-state index in [9.17, 15) is 4.79 Å². The van der Waals surface area contributed by atoms with Crippen molar-refractivity contribution in [2.75, 3.05) is 27.7 Å². The maximum absolute atomic E-state index is 10.5. The van der Waals surface area contributed by atoms with Crippen LogP contribution in [0.2, 0.25) is 0 Å². The summed E-state index contributed by atoms with van der Waals surface area (Å²) in [6, 6.07) is 0. The van der Waals surface area contributed by atoms with E-state index in [-0.39, 0.29) is 12.5 Å². The highest BCUT2D eigenvalue weighted by molar-refractivity contribution is 5.71. The SMILES string of the molecule is CN=NN(C)CC(=O)OC. The Morgan fingerprint density at radius 1 is 1.70 bits per heavy atom. The standard InChI is InChI=1S/C5H11N3O2/c1-6-7-8(2)4-5(9)10-3/h4H2,1-3H3. The van der Waals surface area contributed by atoms with Crippen LogP contribution in [0.15, 0.2) is 10.3 Å². The van der Waals surface area contributed by atoms with E-state index in [0.29, 0.717) is 0 Å². The number of carbonyl (C=O) groups excluding carboxylic acids is 1. The van der Waals surface area contributed by atoms with E-state index >= 15 is 0 Å². The minimum absolute atomic E-state index is 0.133. The van der Waals surface area contributed by atoms with Gasteiger partial charge in [-0.1, -0.05) is 5.22 Å². The predicted molar refractivity (Wildman–Crippen MR) is 35.4 cm³/mol. The van der Waals surface area contributed by atoms with E-state index in [1.54, 1.807) is 7.05 Å². The number of likely N-dealkylation sites (N-methyl/N-ethyl adjacent to an activating group) is 1. The molecule has 0 atom stereocenters. The van der Waals surface area contributed by atoms with E-state index < -0.39 is 0 Å². The maximum atomic E-state index is 10.5. The quantitative estimate of drug-likeness (QED) is 0.321. The number of ether oxygens (including phenoxy) is 1. The van der Waals surface area contributed by atoms with Crippen molar-refractivity contribution in [1.82, 2.24) is 5.01 Å². The average Bonchev–Trinajstić information content (AvgIpc) is 1.88. The summed E-state index contributed by atoms with van der Waals surface area (Å²) in [6.07, 6.45) is 0. The van der Waals surface area contributed by atoms with Crippen molar-refractivity contribution in [1.29, 1.82) is 0 Å². The van der Waals surface area contributed by atoms with Gasteiger partial charge in [0.1, 0.15) is 6.54 Å². The number of hydrogen-bond acceptors (Lipinski definition) is 4. The van der Waals surface area contributed by atoms with Crippen LogP contribution in [0.1, 0.15) is 0 Å². The minimum Gasteiger partial charge on any atom is -0.468 e. The van der Waals surface area contributed by atoms with Crippen molar-refractivity contribution in [3.05, 3.63) is 0 Å². The molecule has 0 spiro atoms. The Bertz CT molecular complexity index is 135. The van der Waals surface area contributed by atoms with E-state index in [2.05, 4.69) is 15.1 Å². The lowest BCUT2D eigenvalue weighted by atomic mass is 10.6. The molecule has 0 saturated carbocycles. The number of hydrogen-bond donors (Lipinski definition) is 0. The molecule has 0 N–H and O–H groups in total. The van der Waals surface area contributed by atoms with Crippen LogP contribution in [0, 0.1) is 0 Å². The molecule has 5 heteroatoms. The first kappa shape index (κ1) is 8.87. The molecule has 0 amide bonds. The van der Waals surface area contributed by atoms with Crippen molar-refractivity contribution in [2.24, 2.45) is 10.3 Å². The first-order valence-corrected chi connectivity index (χ1v) is 2.78. The Hall–Kier alpha value is -1.13. The van der Waals surface area contributed by atoms with E-state index in [1.807, 2.05) is 0 Å². The third-order valence-electron chi connectivity index (χ3n) is 0.828. The molecule has 0 heterocycles. The summed E-state index contributed by atoms with van der Waals surface area (Å²) in [6.45, 7) is 0.133. The number of nitrogens with zero attached hydrogens (tertiary/aromatic N) is 3. The fraction of sp³-hybridized carbons (Fsp3) is 0.800. The molecule has 0 saturated heterocycles. The molecule has 0 aromatic heterocycles. The van der Waals surface area contributed by atoms with Crippen LogP contribution in [-0.2, 0) is 9.53 Å². The van der Waals surface area contributed by atoms with Gasteiger partial charge in [-0.05, 0) is 0 Å². The monoisotopic (exact) mass is 145 g/mol. The molecule has 0 radical (unpaired) electrons. The Kier molecular flexibility index (Phi) is 4.19. The van der Waals surface area contributed by atoms with Crippen LogP contribution in [-0.4, -0.2) is 38.7 Å². The van der Waals surface area contributed by atoms with Crippen LogP contribution < -0.4 is 0 Å². The summed E-state index contributed by atoms with van der Waals surface area (Å²) in [4.78, 5) is 10.5. The molecule has 0 aliphatic carbocycles. The molecule has 5 nitrogen and oxygen atoms in total. The number of esters is 1. The first-order chi connectivity index (χ1) is 4.70. The lowest BCUT2D eigenvalue weighted by Gasteiger charge is -2.07. The number of rotatable bonds is 3. The van der Waals surface area contributed by atoms with Gasteiger partial charge in [0, 0.05) is 7.05 Å². The zero-order chi connectivity index (χ0) is 7.98. The molecule has 0 aromatic rings. The predicted octanol–water partition coefficient (Wildman–Crippen LogP) is 0.0882. The molecule has 10 heavy (non-hydrogen) atoms. The first-order valence-electron chi connectivity index (χ1n) is 2.78. The summed E-state index contributed by atoms with van der Waals surface area (Å²) in [5.41, 5.74) is 0. The van der Waals surface area contributed by atoms with Gasteiger partial charge in [0.05, 0.1) is 14.2 Å². The van der Waals surface area contributed by atoms with Gasteiger partial charge in [-0.2, -0.15) is 5.11 Å². The smallest absolute Gasteiger partial charge is 0.327 e. The zero-order valence-electron chi connectivity index (χ0n) is 6.37. The molecule has 0 aliphatic rings. The molecule has 0 aromatic carbocycles. The zero-order valence-corrected chi connectivity index (χ0v) is 6.37. The maximum Gasteiger partial charge on any atom is 0.327 e. The second kappa shape index (κ2) is 4.72. The summed E-state index contributed by atoms with van der Waals surface area (Å²) in [7, 11) is 4.51. The van der Waals surface area contributed by atoms with E-state index in [4.69, 9.17) is 0 Å². The third-order valence-corrected chi connectivity index (χ3v) is 0.828. The van der Waals surface area contributed by atoms with Crippen molar-refractivity contribution in [3.8, 4) is 0 Å². The Morgan fingerprint density at radius 2 is 2.30 bits per heavy atom. The highest BCUT2D eigenvalue weighted by Crippen LogP contribution is 1.84. The second-order valence-corrected chi connectivity index (χ2v) is 1.68. The lowest BCUT2D eigenvalue weighted by molar-refractivity contribution is -0.141. The topological polar surface area (TPSA) is 54.3 Å². The van der Waals surface area contributed by atoms with Gasteiger partial charge in [-0.3, -0.25) is 9.80 Å². The Labute approximate surface area is 59.7 Å². The highest BCUT2D eigenvalue weighted by Gasteiger charge is 2.01. The normalized spacial score (nSPS) is 9.90. The van der Waals surface area contributed by atoms with Crippen LogP contribution in [0.3, 0.4) is 0 Å². The van der Waals surface area contributed by atoms with E-state index in [1.165, 1.54) is 19.2 Å². The van der Waals surface area contributed by atoms with Gasteiger partial charge in [0.15, 0.2) is 0 Å². The molecule has 0 aliphatic heterocycles. The van der Waals surface area contributed by atoms with Crippen LogP contribution in [0.4, 0.5) is 0 Å². The molecule has 0 rings (SSSR count). The largest absolute Gasteiger partial charge is 0.468 e. The highest BCUT2D eigenvalue weighted by atomic mass is 16.5. The van der Waals surface area contributed by atoms with Crippen molar-refractivity contribution >= 4 is 5.97 Å².